The van der Waals surface area contributed by atoms with Crippen molar-refractivity contribution in [3.63, 3.8) is 0 Å². The van der Waals surface area contributed by atoms with Crippen molar-refractivity contribution in [3.05, 3.63) is 0 Å². The van der Waals surface area contributed by atoms with E-state index >= 15 is 0 Å². The van der Waals surface area contributed by atoms with Crippen molar-refractivity contribution in [1.29, 1.82) is 31.6 Å². The maximum Gasteiger partial charge on any atom is 2.00 e. The van der Waals surface area contributed by atoms with E-state index in [1.54, 1.807) is 0 Å². The molecule has 0 fully saturated rings. The van der Waals surface area contributed by atoms with Gasteiger partial charge in [0.1, 0.15) is 0 Å². The number of hydrogen-bond acceptors (Lipinski definition) is 8. The third-order valence-corrected chi connectivity index (χ3v) is 4.89. The van der Waals surface area contributed by atoms with Crippen LogP contribution in [0.2, 0.25) is 0 Å². The van der Waals surface area contributed by atoms with Gasteiger partial charge in [-0.15, -0.1) is 0 Å². The minimum Gasteiger partial charge on any atom is 1.00 e. The summed E-state index contributed by atoms with van der Waals surface area (Å²) in [4.78, 5) is 15.1. The van der Waals surface area contributed by atoms with E-state index in [-0.39, 0.29) is 85.5 Å². The minimum atomic E-state index is -6.17. The molecule has 0 aliphatic carbocycles. The molecule has 0 aromatic rings. The molecule has 108 valence electrons. The van der Waals surface area contributed by atoms with Crippen LogP contribution in [0.1, 0.15) is 6.92 Å². The molecule has 0 aliphatic rings. The van der Waals surface area contributed by atoms with Gasteiger partial charge >= 0.3 is 158 Å². The van der Waals surface area contributed by atoms with Gasteiger partial charge in [-0.1, -0.05) is 0 Å². The molecule has 0 saturated heterocycles. The summed E-state index contributed by atoms with van der Waals surface area (Å²) in [5.41, 5.74) is 0. The van der Waals surface area contributed by atoms with Crippen LogP contribution in [0.25, 0.3) is 0 Å². The number of rotatable bonds is 0. The van der Waals surface area contributed by atoms with Gasteiger partial charge in [-0.3, -0.25) is 0 Å². The summed E-state index contributed by atoms with van der Waals surface area (Å²) in [6.07, 6.45) is 0. The standard InChI is InChI=1S/C2H4O2.6CN.2Cu.Fe.K/c1-2(3)4;6*1-2;;;;/h1H3,(H,3,4);;;;;;;;;;/q;;;;;;;2*+2;-4;+1/p-1. The maximum absolute atomic E-state index is 8.89. The Bertz CT molecular complexity index is 491. The van der Waals surface area contributed by atoms with Crippen molar-refractivity contribution in [2.45, 2.75) is 6.92 Å². The van der Waals surface area contributed by atoms with E-state index in [0.717, 1.165) is 36.7 Å². The van der Waals surface area contributed by atoms with Gasteiger partial charge in [0.2, 0.25) is 0 Å². The van der Waals surface area contributed by atoms with Crippen LogP contribution in [0.5, 0.6) is 0 Å². The van der Waals surface area contributed by atoms with Crippen molar-refractivity contribution in [2.24, 2.45) is 0 Å². The zero-order valence-electron chi connectivity index (χ0n) is 9.96. The topological polar surface area (TPSA) is 183 Å². The number of carbonyl (C=O) groups excluding carboxylic acids is 1. The third kappa shape index (κ3) is 5.54. The Morgan fingerprint density at radius 1 is 0.800 bits per heavy atom. The molecule has 20 heavy (non-hydrogen) atoms. The van der Waals surface area contributed by atoms with Crippen LogP contribution >= 0.6 is 0 Å². The molecule has 0 atom stereocenters. The first-order valence-electron chi connectivity index (χ1n) is 3.31. The van der Waals surface area contributed by atoms with Gasteiger partial charge in [0, 0.05) is 5.97 Å². The number of carboxylic acids is 1. The van der Waals surface area contributed by atoms with E-state index in [0.29, 0.717) is 0 Å². The second-order valence-corrected chi connectivity index (χ2v) is 7.91. The molecule has 0 bridgehead atoms. The number of carbonyl (C=O) groups is 1. The fraction of sp³-hybridized carbons (Fsp3) is 0.125. The molecule has 0 aromatic carbocycles. The van der Waals surface area contributed by atoms with Crippen molar-refractivity contribution >= 4 is 5.97 Å². The number of hydrogen-bond donors (Lipinski definition) is 0. The Hall–Kier alpha value is -0.395. The minimum absolute atomic E-state index is 0. The van der Waals surface area contributed by atoms with Crippen LogP contribution in [-0.4, -0.2) is 5.97 Å². The molecule has 0 aliphatic heterocycles. The maximum atomic E-state index is 8.89. The summed E-state index contributed by atoms with van der Waals surface area (Å²) >= 11 is 0. The fourth-order valence-corrected chi connectivity index (χ4v) is 1.09. The molecule has 0 rings (SSSR count). The number of aliphatic carboxylic acids is 1. The Balaban J connectivity index is -0.0000000951. The van der Waals surface area contributed by atoms with Crippen LogP contribution < -0.4 is 56.5 Å². The third-order valence-electron chi connectivity index (χ3n) is 1.19. The molecule has 0 N–H and O–H groups in total. The van der Waals surface area contributed by atoms with E-state index in [9.17, 15) is 0 Å². The molecular weight excluding hydrogens is 434 g/mol. The van der Waals surface area contributed by atoms with Crippen molar-refractivity contribution < 1.29 is 106 Å². The van der Waals surface area contributed by atoms with Crippen LogP contribution in [0.3, 0.4) is 0 Å². The predicted molar refractivity (Wildman–Crippen MR) is 44.4 cm³/mol. The molecule has 0 heterocycles. The van der Waals surface area contributed by atoms with Gasteiger partial charge in [-0.25, -0.2) is 0 Å². The summed E-state index contributed by atoms with van der Waals surface area (Å²) < 4.78 is 0. The SMILES string of the molecule is CC(=O)[O-].N#[C][Fe-4]([C]#N)([C]#N)([C]#N)([C]#N)[C]#N.[Cu+2].[Cu+2].[K+]. The van der Waals surface area contributed by atoms with Crippen LogP contribution in [-0.2, 0) is 49.7 Å². The number of nitrogens with zero attached hydrogens (tertiary/aromatic N) is 6. The van der Waals surface area contributed by atoms with Gasteiger partial charge in [-0.05, 0) is 6.92 Å². The average Bonchev–Trinajstić information content (AvgIpc) is 2.36. The molecule has 0 amide bonds. The van der Waals surface area contributed by atoms with E-state index in [1.165, 1.54) is 0 Å². The summed E-state index contributed by atoms with van der Waals surface area (Å²) in [6, 6.07) is 0. The smallest absolute Gasteiger partial charge is 1.00 e. The normalized spacial score (nSPS) is 9.95. The fourth-order valence-electron chi connectivity index (χ4n) is 0.265. The zero-order valence-corrected chi connectivity index (χ0v) is 16.1. The largest absolute Gasteiger partial charge is 2.00 e. The first-order chi connectivity index (χ1) is 7.71. The van der Waals surface area contributed by atoms with E-state index in [4.69, 9.17) is 41.5 Å². The molecule has 2 radical (unpaired) electrons. The monoisotopic (exact) mass is 436 g/mol. The zero-order chi connectivity index (χ0) is 14.2. The molecule has 0 unspecified atom stereocenters. The first-order valence-corrected chi connectivity index (χ1v) is 6.62. The first kappa shape index (κ1) is 31.8. The van der Waals surface area contributed by atoms with Gasteiger partial charge < -0.3 is 9.90 Å². The van der Waals surface area contributed by atoms with Gasteiger partial charge in [0.15, 0.2) is 0 Å². The second-order valence-electron chi connectivity index (χ2n) is 2.29. The van der Waals surface area contributed by atoms with E-state index < -0.39 is 16.7 Å². The van der Waals surface area contributed by atoms with E-state index in [1.807, 2.05) is 0 Å². The Morgan fingerprint density at radius 3 is 0.900 bits per heavy atom. The van der Waals surface area contributed by atoms with Crippen molar-refractivity contribution in [2.75, 3.05) is 0 Å². The second kappa shape index (κ2) is 10.3. The van der Waals surface area contributed by atoms with Gasteiger partial charge in [-0.2, -0.15) is 0 Å². The predicted octanol–water partition coefficient (Wildman–Crippen LogP) is -4.15. The molecule has 0 aromatic heterocycles. The molecular formula is C8H3Cu2FeKN6O2. The Labute approximate surface area is 177 Å². The molecule has 12 heteroatoms. The summed E-state index contributed by atoms with van der Waals surface area (Å²) in [6.45, 7) is 0.972. The summed E-state index contributed by atoms with van der Waals surface area (Å²) in [5.74, 6) is -1.08. The Morgan fingerprint density at radius 2 is 0.900 bits per heavy atom. The van der Waals surface area contributed by atoms with Crippen LogP contribution in [0.4, 0.5) is 0 Å². The average molecular weight is 437 g/mol. The van der Waals surface area contributed by atoms with E-state index in [2.05, 4.69) is 0 Å². The molecule has 0 saturated carbocycles. The van der Waals surface area contributed by atoms with Crippen molar-refractivity contribution in [3.8, 4) is 29.8 Å². The quantitative estimate of drug-likeness (QED) is 0.342. The molecule has 0 spiro atoms. The summed E-state index contributed by atoms with van der Waals surface area (Å²) in [7, 11) is -6.17. The van der Waals surface area contributed by atoms with Crippen LogP contribution in [0, 0.1) is 61.4 Å². The van der Waals surface area contributed by atoms with Gasteiger partial charge in [0.25, 0.3) is 0 Å². The van der Waals surface area contributed by atoms with Crippen molar-refractivity contribution in [1.82, 2.24) is 0 Å². The van der Waals surface area contributed by atoms with Gasteiger partial charge in [0.05, 0.1) is 0 Å². The van der Waals surface area contributed by atoms with Crippen LogP contribution in [0.15, 0.2) is 0 Å². The number of carboxylic acid groups (broad SMARTS) is 1. The molecule has 8 nitrogen and oxygen atoms in total. The number of nitriles is 6. The summed E-state index contributed by atoms with van der Waals surface area (Å²) in [5, 5.41) is 60.4. The Kier molecular flexibility index (Phi) is 16.5.